The van der Waals surface area contributed by atoms with E-state index in [9.17, 15) is 0 Å². The number of hydrogen-bond acceptors (Lipinski definition) is 3. The number of rotatable bonds is 1. The molecular weight excluding hydrogens is 331 g/mol. The van der Waals surface area contributed by atoms with Crippen LogP contribution in [0.3, 0.4) is 0 Å². The Morgan fingerprint density at radius 2 is 2.12 bits per heavy atom. The van der Waals surface area contributed by atoms with Gasteiger partial charge in [-0.1, -0.05) is 6.07 Å². The fourth-order valence-corrected chi connectivity index (χ4v) is 3.92. The fourth-order valence-electron chi connectivity index (χ4n) is 2.32. The van der Waals surface area contributed by atoms with E-state index in [-0.39, 0.29) is 0 Å². The highest BCUT2D eigenvalue weighted by atomic mass is 127. The van der Waals surface area contributed by atoms with Crippen molar-refractivity contribution >= 4 is 44.2 Å². The molecule has 0 aliphatic carbocycles. The predicted octanol–water partition coefficient (Wildman–Crippen LogP) is 3.37. The van der Waals surface area contributed by atoms with Crippen molar-refractivity contribution in [1.82, 2.24) is 9.69 Å². The molecule has 1 aliphatic heterocycles. The molecule has 0 bridgehead atoms. The van der Waals surface area contributed by atoms with Gasteiger partial charge in [0, 0.05) is 14.9 Å². The summed E-state index contributed by atoms with van der Waals surface area (Å²) < 4.78 is 7.30. The van der Waals surface area contributed by atoms with Crippen LogP contribution in [0, 0.1) is 3.57 Å². The minimum absolute atomic E-state index is 0.662. The molecule has 0 spiro atoms. The Labute approximate surface area is 113 Å². The van der Waals surface area contributed by atoms with Gasteiger partial charge in [-0.2, -0.15) is 4.37 Å². The number of nitrogens with one attached hydrogen (secondary N) is 1. The van der Waals surface area contributed by atoms with Gasteiger partial charge in [0.15, 0.2) is 0 Å². The minimum atomic E-state index is 0.662. The van der Waals surface area contributed by atoms with E-state index >= 15 is 0 Å². The van der Waals surface area contributed by atoms with E-state index in [0.29, 0.717) is 5.92 Å². The van der Waals surface area contributed by atoms with Crippen LogP contribution in [0.1, 0.15) is 24.5 Å². The number of fused-ring (bicyclic) bond motifs is 1. The van der Waals surface area contributed by atoms with Gasteiger partial charge >= 0.3 is 0 Å². The molecule has 1 saturated heterocycles. The number of benzene rings is 1. The molecule has 2 aromatic rings. The van der Waals surface area contributed by atoms with Crippen molar-refractivity contribution in [3.8, 4) is 0 Å². The summed E-state index contributed by atoms with van der Waals surface area (Å²) >= 11 is 4.01. The molecule has 4 heteroatoms. The molecule has 84 valence electrons. The van der Waals surface area contributed by atoms with Crippen molar-refractivity contribution in [1.29, 1.82) is 0 Å². The highest BCUT2D eigenvalue weighted by Crippen LogP contribution is 2.33. The van der Waals surface area contributed by atoms with E-state index in [1.54, 1.807) is 11.5 Å². The van der Waals surface area contributed by atoms with Gasteiger partial charge in [0.05, 0.1) is 10.4 Å². The van der Waals surface area contributed by atoms with Crippen LogP contribution in [-0.4, -0.2) is 17.5 Å². The lowest BCUT2D eigenvalue weighted by atomic mass is 9.93. The van der Waals surface area contributed by atoms with E-state index in [4.69, 9.17) is 0 Å². The third kappa shape index (κ3) is 1.98. The first kappa shape index (κ1) is 10.9. The lowest BCUT2D eigenvalue weighted by Gasteiger charge is -2.21. The van der Waals surface area contributed by atoms with Gasteiger partial charge in [-0.3, -0.25) is 0 Å². The first-order valence-corrected chi connectivity index (χ1v) is 7.45. The van der Waals surface area contributed by atoms with Crippen molar-refractivity contribution in [2.75, 3.05) is 13.1 Å². The number of aromatic nitrogens is 1. The van der Waals surface area contributed by atoms with E-state index in [2.05, 4.69) is 50.5 Å². The first-order valence-electron chi connectivity index (χ1n) is 5.60. The predicted molar refractivity (Wildman–Crippen MR) is 77.2 cm³/mol. The summed E-state index contributed by atoms with van der Waals surface area (Å²) in [6, 6.07) is 6.65. The minimum Gasteiger partial charge on any atom is -0.317 e. The molecular formula is C12H13IN2S. The summed E-state index contributed by atoms with van der Waals surface area (Å²) in [6.07, 6.45) is 2.45. The number of nitrogens with zero attached hydrogens (tertiary/aromatic N) is 1. The van der Waals surface area contributed by atoms with Crippen LogP contribution >= 0.6 is 34.1 Å². The third-order valence-corrected chi connectivity index (χ3v) is 4.68. The van der Waals surface area contributed by atoms with Crippen molar-refractivity contribution in [3.05, 3.63) is 27.5 Å². The van der Waals surface area contributed by atoms with Crippen LogP contribution in [-0.2, 0) is 0 Å². The smallest absolute Gasteiger partial charge is 0.0652 e. The molecule has 0 unspecified atom stereocenters. The maximum atomic E-state index is 4.67. The highest BCUT2D eigenvalue weighted by Gasteiger charge is 2.19. The third-order valence-electron chi connectivity index (χ3n) is 3.19. The van der Waals surface area contributed by atoms with E-state index in [1.807, 2.05) is 0 Å². The largest absolute Gasteiger partial charge is 0.317 e. The second-order valence-electron chi connectivity index (χ2n) is 4.23. The van der Waals surface area contributed by atoms with Gasteiger partial charge < -0.3 is 5.32 Å². The Balaban J connectivity index is 2.03. The standard InChI is InChI=1S/C12H13IN2S/c13-9-1-2-10-11(7-9)16-15-12(10)8-3-5-14-6-4-8/h1-2,7-8,14H,3-6H2. The fraction of sp³-hybridized carbons (Fsp3) is 0.417. The lowest BCUT2D eigenvalue weighted by Crippen LogP contribution is -2.26. The quantitative estimate of drug-likeness (QED) is 0.803. The summed E-state index contributed by atoms with van der Waals surface area (Å²) in [7, 11) is 0. The average molecular weight is 344 g/mol. The monoisotopic (exact) mass is 344 g/mol. The number of hydrogen-bond donors (Lipinski definition) is 1. The molecule has 3 rings (SSSR count). The zero-order chi connectivity index (χ0) is 11.0. The summed E-state index contributed by atoms with van der Waals surface area (Å²) in [5.41, 5.74) is 1.33. The molecule has 0 radical (unpaired) electrons. The summed E-state index contributed by atoms with van der Waals surface area (Å²) in [5, 5.41) is 4.78. The van der Waals surface area contributed by atoms with Crippen LogP contribution in [0.5, 0.6) is 0 Å². The summed E-state index contributed by atoms with van der Waals surface area (Å²) in [5.74, 6) is 0.662. The molecule has 0 amide bonds. The Hall–Kier alpha value is -0.200. The van der Waals surface area contributed by atoms with Gasteiger partial charge in [0.2, 0.25) is 0 Å². The van der Waals surface area contributed by atoms with Crippen LogP contribution in [0.4, 0.5) is 0 Å². The Morgan fingerprint density at radius 1 is 1.31 bits per heavy atom. The number of piperidine rings is 1. The maximum Gasteiger partial charge on any atom is 0.0652 e. The second kappa shape index (κ2) is 4.58. The van der Waals surface area contributed by atoms with Crippen molar-refractivity contribution in [2.45, 2.75) is 18.8 Å². The molecule has 1 N–H and O–H groups in total. The van der Waals surface area contributed by atoms with Gasteiger partial charge in [-0.05, 0) is 72.2 Å². The van der Waals surface area contributed by atoms with Crippen LogP contribution < -0.4 is 5.32 Å². The van der Waals surface area contributed by atoms with Gasteiger partial charge in [-0.15, -0.1) is 0 Å². The molecule has 16 heavy (non-hydrogen) atoms. The summed E-state index contributed by atoms with van der Waals surface area (Å²) in [4.78, 5) is 0. The van der Waals surface area contributed by atoms with Crippen LogP contribution in [0.2, 0.25) is 0 Å². The van der Waals surface area contributed by atoms with Crippen molar-refractivity contribution in [3.63, 3.8) is 0 Å². The lowest BCUT2D eigenvalue weighted by molar-refractivity contribution is 0.457. The molecule has 1 aromatic carbocycles. The van der Waals surface area contributed by atoms with Gasteiger partial charge in [0.1, 0.15) is 0 Å². The van der Waals surface area contributed by atoms with E-state index in [0.717, 1.165) is 13.1 Å². The molecule has 0 atom stereocenters. The molecule has 1 aliphatic rings. The zero-order valence-corrected chi connectivity index (χ0v) is 11.8. The highest BCUT2D eigenvalue weighted by molar-refractivity contribution is 14.1. The van der Waals surface area contributed by atoms with Crippen LogP contribution in [0.15, 0.2) is 18.2 Å². The van der Waals surface area contributed by atoms with E-state index in [1.165, 1.54) is 32.2 Å². The van der Waals surface area contributed by atoms with Gasteiger partial charge in [0.25, 0.3) is 0 Å². The SMILES string of the molecule is Ic1ccc2c(C3CCNCC3)nsc2c1. The van der Waals surface area contributed by atoms with Crippen molar-refractivity contribution in [2.24, 2.45) is 0 Å². The second-order valence-corrected chi connectivity index (χ2v) is 6.28. The van der Waals surface area contributed by atoms with Gasteiger partial charge in [-0.25, -0.2) is 0 Å². The molecule has 2 nitrogen and oxygen atoms in total. The Bertz CT molecular complexity index is 503. The normalized spacial score (nSPS) is 18.1. The zero-order valence-electron chi connectivity index (χ0n) is 8.87. The average Bonchev–Trinajstić information content (AvgIpc) is 2.73. The first-order chi connectivity index (χ1) is 7.84. The molecule has 1 fully saturated rings. The Morgan fingerprint density at radius 3 is 2.94 bits per heavy atom. The van der Waals surface area contributed by atoms with Crippen LogP contribution in [0.25, 0.3) is 10.1 Å². The topological polar surface area (TPSA) is 24.9 Å². The summed E-state index contributed by atoms with van der Waals surface area (Å²) in [6.45, 7) is 2.27. The van der Waals surface area contributed by atoms with Crippen molar-refractivity contribution < 1.29 is 0 Å². The molecule has 1 aromatic heterocycles. The molecule has 2 heterocycles. The maximum absolute atomic E-state index is 4.67. The Kier molecular flexibility index (Phi) is 3.13. The van der Waals surface area contributed by atoms with E-state index < -0.39 is 0 Å². The molecule has 0 saturated carbocycles. The number of halogens is 1.